The Kier molecular flexibility index (Phi) is 2.07. The highest BCUT2D eigenvalue weighted by atomic mass is 19.1. The molecule has 0 aliphatic rings. The molecule has 3 nitrogen and oxygen atoms in total. The maximum Gasteiger partial charge on any atom is 0.182 e. The van der Waals surface area contributed by atoms with Gasteiger partial charge >= 0.3 is 0 Å². The van der Waals surface area contributed by atoms with Crippen molar-refractivity contribution < 1.29 is 9.50 Å². The molecule has 4 heteroatoms. The quantitative estimate of drug-likeness (QED) is 0.616. The van der Waals surface area contributed by atoms with Crippen LogP contribution in [-0.2, 0) is 5.60 Å². The van der Waals surface area contributed by atoms with Crippen LogP contribution in [0, 0.1) is 18.2 Å². The number of halogens is 1. The molecule has 0 fully saturated rings. The van der Waals surface area contributed by atoms with Crippen LogP contribution in [0.5, 0.6) is 0 Å². The van der Waals surface area contributed by atoms with Gasteiger partial charge in [0.25, 0.3) is 0 Å². The van der Waals surface area contributed by atoms with Crippen molar-refractivity contribution in [1.29, 1.82) is 0 Å². The van der Waals surface area contributed by atoms with Crippen LogP contribution in [0.4, 0.5) is 4.39 Å². The summed E-state index contributed by atoms with van der Waals surface area (Å²) >= 11 is 0. The highest BCUT2D eigenvalue weighted by Gasteiger charge is 2.22. The van der Waals surface area contributed by atoms with Crippen LogP contribution >= 0.6 is 0 Å². The lowest BCUT2D eigenvalue weighted by atomic mass is 10.1. The Bertz CT molecular complexity index is 313. The molecule has 1 aromatic heterocycles. The highest BCUT2D eigenvalue weighted by molar-refractivity contribution is 5.15. The molecule has 12 heavy (non-hydrogen) atoms. The second kappa shape index (κ2) is 2.88. The smallest absolute Gasteiger partial charge is 0.182 e. The van der Waals surface area contributed by atoms with Crippen molar-refractivity contribution in [3.63, 3.8) is 0 Å². The summed E-state index contributed by atoms with van der Waals surface area (Å²) in [5.74, 6) is 1.54. The standard InChI is InChI=1S/C8H7FN2O/c1-3-8(2,12)7-10-4-6(9)5-11-7/h1,4-5,12H,2H3. The van der Waals surface area contributed by atoms with Gasteiger partial charge in [-0.3, -0.25) is 0 Å². The number of terminal acetylenes is 1. The monoisotopic (exact) mass is 166 g/mol. The SMILES string of the molecule is C#CC(C)(O)c1ncc(F)cn1. The minimum atomic E-state index is -1.53. The van der Waals surface area contributed by atoms with Crippen LogP contribution in [-0.4, -0.2) is 15.1 Å². The van der Waals surface area contributed by atoms with Gasteiger partial charge in [0.15, 0.2) is 17.2 Å². The number of rotatable bonds is 1. The van der Waals surface area contributed by atoms with E-state index >= 15 is 0 Å². The molecule has 1 rings (SSSR count). The Labute approximate surface area is 69.3 Å². The summed E-state index contributed by atoms with van der Waals surface area (Å²) in [6, 6.07) is 0. The predicted molar refractivity (Wildman–Crippen MR) is 40.4 cm³/mol. The van der Waals surface area contributed by atoms with E-state index in [-0.39, 0.29) is 5.82 Å². The van der Waals surface area contributed by atoms with Crippen LogP contribution < -0.4 is 0 Å². The van der Waals surface area contributed by atoms with Crippen LogP contribution in [0.1, 0.15) is 12.7 Å². The molecule has 1 heterocycles. The summed E-state index contributed by atoms with van der Waals surface area (Å²) in [5, 5.41) is 9.40. The van der Waals surface area contributed by atoms with Gasteiger partial charge in [0.2, 0.25) is 0 Å². The van der Waals surface area contributed by atoms with E-state index in [1.54, 1.807) is 0 Å². The van der Waals surface area contributed by atoms with E-state index in [1.165, 1.54) is 6.92 Å². The Morgan fingerprint density at radius 3 is 2.50 bits per heavy atom. The van der Waals surface area contributed by atoms with E-state index in [2.05, 4.69) is 15.9 Å². The third-order valence-corrected chi connectivity index (χ3v) is 1.34. The molecule has 62 valence electrons. The molecule has 0 aliphatic carbocycles. The zero-order valence-electron chi connectivity index (χ0n) is 6.45. The number of aromatic nitrogens is 2. The third-order valence-electron chi connectivity index (χ3n) is 1.34. The number of nitrogens with zero attached hydrogens (tertiary/aromatic N) is 2. The second-order valence-corrected chi connectivity index (χ2v) is 2.44. The molecule has 1 atom stereocenters. The van der Waals surface area contributed by atoms with Crippen LogP contribution in [0.25, 0.3) is 0 Å². The zero-order chi connectivity index (χ0) is 9.19. The Hall–Kier alpha value is -1.47. The summed E-state index contributed by atoms with van der Waals surface area (Å²) < 4.78 is 12.3. The first kappa shape index (κ1) is 8.62. The van der Waals surface area contributed by atoms with Crippen molar-refractivity contribution in [2.24, 2.45) is 0 Å². The van der Waals surface area contributed by atoms with Crippen molar-refractivity contribution in [2.75, 3.05) is 0 Å². The molecule has 0 aromatic carbocycles. The minimum absolute atomic E-state index is 0.0198. The Balaban J connectivity index is 3.07. The van der Waals surface area contributed by atoms with Crippen molar-refractivity contribution in [2.45, 2.75) is 12.5 Å². The fourth-order valence-corrected chi connectivity index (χ4v) is 0.628. The van der Waals surface area contributed by atoms with E-state index < -0.39 is 11.4 Å². The zero-order valence-corrected chi connectivity index (χ0v) is 6.45. The van der Waals surface area contributed by atoms with Crippen molar-refractivity contribution >= 4 is 0 Å². The maximum absolute atomic E-state index is 12.3. The van der Waals surface area contributed by atoms with Gasteiger partial charge in [-0.25, -0.2) is 14.4 Å². The topological polar surface area (TPSA) is 46.0 Å². The summed E-state index contributed by atoms with van der Waals surface area (Å²) in [5.41, 5.74) is -1.53. The van der Waals surface area contributed by atoms with Gasteiger partial charge in [0.1, 0.15) is 0 Å². The molecule has 0 saturated heterocycles. The molecule has 0 aliphatic heterocycles. The van der Waals surface area contributed by atoms with Crippen LogP contribution in [0.15, 0.2) is 12.4 Å². The highest BCUT2D eigenvalue weighted by Crippen LogP contribution is 2.13. The van der Waals surface area contributed by atoms with Crippen molar-refractivity contribution in [1.82, 2.24) is 9.97 Å². The summed E-state index contributed by atoms with van der Waals surface area (Å²) in [6.45, 7) is 1.36. The summed E-state index contributed by atoms with van der Waals surface area (Å²) in [4.78, 5) is 7.08. The first-order valence-electron chi connectivity index (χ1n) is 3.24. The molecule has 0 spiro atoms. The van der Waals surface area contributed by atoms with E-state index in [0.29, 0.717) is 0 Å². The lowest BCUT2D eigenvalue weighted by Gasteiger charge is -2.12. The fraction of sp³-hybridized carbons (Fsp3) is 0.250. The Morgan fingerprint density at radius 1 is 1.58 bits per heavy atom. The van der Waals surface area contributed by atoms with Gasteiger partial charge in [-0.05, 0) is 6.92 Å². The van der Waals surface area contributed by atoms with Crippen molar-refractivity contribution in [3.05, 3.63) is 24.0 Å². The average Bonchev–Trinajstić information content (AvgIpc) is 2.05. The largest absolute Gasteiger partial charge is 0.371 e. The second-order valence-electron chi connectivity index (χ2n) is 2.44. The first-order chi connectivity index (χ1) is 5.56. The molecule has 0 bridgehead atoms. The average molecular weight is 166 g/mol. The molecule has 1 unspecified atom stereocenters. The van der Waals surface area contributed by atoms with Gasteiger partial charge < -0.3 is 5.11 Å². The Morgan fingerprint density at radius 2 is 2.08 bits per heavy atom. The van der Waals surface area contributed by atoms with E-state index in [9.17, 15) is 9.50 Å². The molecule has 0 radical (unpaired) electrons. The van der Waals surface area contributed by atoms with Gasteiger partial charge in [-0.2, -0.15) is 0 Å². The summed E-state index contributed by atoms with van der Waals surface area (Å²) in [7, 11) is 0. The lowest BCUT2D eigenvalue weighted by molar-refractivity contribution is 0.112. The van der Waals surface area contributed by atoms with E-state index in [1.807, 2.05) is 0 Å². The van der Waals surface area contributed by atoms with Gasteiger partial charge in [-0.15, -0.1) is 6.42 Å². The molecule has 1 N–H and O–H groups in total. The minimum Gasteiger partial charge on any atom is -0.371 e. The number of hydrogen-bond acceptors (Lipinski definition) is 3. The molecule has 0 amide bonds. The maximum atomic E-state index is 12.3. The molecular formula is C8H7FN2O. The lowest BCUT2D eigenvalue weighted by Crippen LogP contribution is -2.21. The number of aliphatic hydroxyl groups is 1. The molecular weight excluding hydrogens is 159 g/mol. The summed E-state index contributed by atoms with van der Waals surface area (Å²) in [6.07, 6.45) is 6.91. The van der Waals surface area contributed by atoms with Gasteiger partial charge in [0, 0.05) is 0 Å². The predicted octanol–water partition coefficient (Wildman–Crippen LogP) is 0.456. The van der Waals surface area contributed by atoms with Crippen LogP contribution in [0.2, 0.25) is 0 Å². The first-order valence-corrected chi connectivity index (χ1v) is 3.24. The van der Waals surface area contributed by atoms with E-state index in [0.717, 1.165) is 12.4 Å². The van der Waals surface area contributed by atoms with Gasteiger partial charge in [0.05, 0.1) is 12.4 Å². The van der Waals surface area contributed by atoms with Gasteiger partial charge in [-0.1, -0.05) is 5.92 Å². The fourth-order valence-electron chi connectivity index (χ4n) is 0.628. The van der Waals surface area contributed by atoms with Crippen LogP contribution in [0.3, 0.4) is 0 Å². The molecule has 1 aromatic rings. The van der Waals surface area contributed by atoms with Crippen molar-refractivity contribution in [3.8, 4) is 12.3 Å². The third kappa shape index (κ3) is 1.57. The molecule has 0 saturated carbocycles. The number of hydrogen-bond donors (Lipinski definition) is 1. The van der Waals surface area contributed by atoms with E-state index in [4.69, 9.17) is 6.42 Å². The normalized spacial score (nSPS) is 14.8.